The van der Waals surface area contributed by atoms with Gasteiger partial charge in [-0.25, -0.2) is 4.98 Å². The van der Waals surface area contributed by atoms with Crippen molar-refractivity contribution in [2.24, 2.45) is 0 Å². The summed E-state index contributed by atoms with van der Waals surface area (Å²) in [5.74, 6) is 0. The quantitative estimate of drug-likeness (QED) is 0.923. The number of hydrogen-bond donors (Lipinski definition) is 1. The Balaban J connectivity index is 2.06. The van der Waals surface area contributed by atoms with Crippen LogP contribution in [0.25, 0.3) is 11.1 Å². The van der Waals surface area contributed by atoms with Crippen molar-refractivity contribution in [3.05, 3.63) is 48.3 Å². The van der Waals surface area contributed by atoms with E-state index in [1.807, 2.05) is 0 Å². The fourth-order valence-electron chi connectivity index (χ4n) is 2.61. The molecule has 2 aromatic rings. The minimum absolute atomic E-state index is 0.129. The second-order valence-electron chi connectivity index (χ2n) is 5.19. The Bertz CT molecular complexity index is 635. The van der Waals surface area contributed by atoms with E-state index in [9.17, 15) is 13.2 Å². The maximum Gasteiger partial charge on any atom is 0.433 e. The molecule has 1 aliphatic rings. The molecule has 1 aromatic heterocycles. The van der Waals surface area contributed by atoms with Crippen molar-refractivity contribution in [3.8, 4) is 11.1 Å². The third-order valence-corrected chi connectivity index (χ3v) is 3.71. The lowest BCUT2D eigenvalue weighted by atomic mass is 10.0. The number of benzene rings is 1. The molecule has 0 radical (unpaired) electrons. The molecule has 0 atom stereocenters. The maximum absolute atomic E-state index is 13.2. The highest BCUT2D eigenvalue weighted by Gasteiger charge is 2.36. The smallest absolute Gasteiger partial charge is 0.368 e. The van der Waals surface area contributed by atoms with Crippen molar-refractivity contribution in [1.29, 1.82) is 0 Å². The Morgan fingerprint density at radius 3 is 2.36 bits per heavy atom. The third-order valence-electron chi connectivity index (χ3n) is 3.71. The van der Waals surface area contributed by atoms with Crippen molar-refractivity contribution in [2.75, 3.05) is 31.1 Å². The molecule has 3 nitrogen and oxygen atoms in total. The predicted molar refractivity (Wildman–Crippen MR) is 79.8 cm³/mol. The summed E-state index contributed by atoms with van der Waals surface area (Å²) in [6.07, 6.45) is -3.15. The second kappa shape index (κ2) is 5.96. The molecule has 22 heavy (non-hydrogen) atoms. The molecule has 0 saturated carbocycles. The van der Waals surface area contributed by atoms with Crippen LogP contribution in [-0.4, -0.2) is 31.2 Å². The number of pyridine rings is 1. The Kier molecular flexibility index (Phi) is 4.02. The van der Waals surface area contributed by atoms with Crippen LogP contribution in [0.1, 0.15) is 5.69 Å². The van der Waals surface area contributed by atoms with Gasteiger partial charge >= 0.3 is 6.18 Å². The lowest BCUT2D eigenvalue weighted by Crippen LogP contribution is -2.43. The summed E-state index contributed by atoms with van der Waals surface area (Å²) in [4.78, 5) is 5.77. The number of nitrogens with one attached hydrogen (secondary N) is 1. The SMILES string of the molecule is FC(F)(F)c1ncc(N2CCNCC2)cc1-c1ccccc1. The molecule has 0 bridgehead atoms. The van der Waals surface area contributed by atoms with Crippen LogP contribution in [-0.2, 0) is 6.18 Å². The first kappa shape index (κ1) is 14.8. The van der Waals surface area contributed by atoms with E-state index in [1.54, 1.807) is 36.4 Å². The minimum atomic E-state index is -4.47. The highest BCUT2D eigenvalue weighted by molar-refractivity contribution is 5.70. The number of alkyl halides is 3. The third kappa shape index (κ3) is 3.06. The lowest BCUT2D eigenvalue weighted by Gasteiger charge is -2.29. The van der Waals surface area contributed by atoms with Crippen LogP contribution < -0.4 is 10.2 Å². The normalized spacial score (nSPS) is 15.9. The van der Waals surface area contributed by atoms with E-state index >= 15 is 0 Å². The van der Waals surface area contributed by atoms with Crippen molar-refractivity contribution in [3.63, 3.8) is 0 Å². The average Bonchev–Trinajstić information content (AvgIpc) is 2.55. The largest absolute Gasteiger partial charge is 0.433 e. The van der Waals surface area contributed by atoms with Crippen LogP contribution >= 0.6 is 0 Å². The fraction of sp³-hybridized carbons (Fsp3) is 0.312. The molecular formula is C16H16F3N3. The van der Waals surface area contributed by atoms with Gasteiger partial charge in [0.05, 0.1) is 11.9 Å². The van der Waals surface area contributed by atoms with Gasteiger partial charge in [-0.2, -0.15) is 13.2 Å². The molecule has 6 heteroatoms. The van der Waals surface area contributed by atoms with Crippen molar-refractivity contribution >= 4 is 5.69 Å². The van der Waals surface area contributed by atoms with Gasteiger partial charge in [0.1, 0.15) is 0 Å². The van der Waals surface area contributed by atoms with E-state index < -0.39 is 11.9 Å². The molecule has 0 spiro atoms. The molecule has 0 unspecified atom stereocenters. The number of hydrogen-bond acceptors (Lipinski definition) is 3. The van der Waals surface area contributed by atoms with E-state index in [0.29, 0.717) is 5.56 Å². The van der Waals surface area contributed by atoms with Crippen LogP contribution in [0.4, 0.5) is 18.9 Å². The monoisotopic (exact) mass is 307 g/mol. The summed E-state index contributed by atoms with van der Waals surface area (Å²) in [5.41, 5.74) is 0.550. The van der Waals surface area contributed by atoms with Crippen molar-refractivity contribution < 1.29 is 13.2 Å². The van der Waals surface area contributed by atoms with E-state index in [1.165, 1.54) is 6.20 Å². The molecule has 1 fully saturated rings. The first-order valence-corrected chi connectivity index (χ1v) is 7.14. The fourth-order valence-corrected chi connectivity index (χ4v) is 2.61. The van der Waals surface area contributed by atoms with Gasteiger partial charge in [0.25, 0.3) is 0 Å². The highest BCUT2D eigenvalue weighted by Crippen LogP contribution is 2.37. The van der Waals surface area contributed by atoms with E-state index in [0.717, 1.165) is 31.9 Å². The Labute approximate surface area is 126 Å². The minimum Gasteiger partial charge on any atom is -0.368 e. The molecule has 1 aromatic carbocycles. The zero-order valence-corrected chi connectivity index (χ0v) is 11.9. The summed E-state index contributed by atoms with van der Waals surface area (Å²) in [6, 6.07) is 10.2. The van der Waals surface area contributed by atoms with Gasteiger partial charge in [-0.1, -0.05) is 30.3 Å². The number of anilines is 1. The van der Waals surface area contributed by atoms with Crippen LogP contribution in [0.5, 0.6) is 0 Å². The maximum atomic E-state index is 13.2. The van der Waals surface area contributed by atoms with Crippen LogP contribution in [0.2, 0.25) is 0 Å². The number of rotatable bonds is 2. The van der Waals surface area contributed by atoms with Crippen molar-refractivity contribution in [2.45, 2.75) is 6.18 Å². The Hall–Kier alpha value is -2.08. The first-order chi connectivity index (χ1) is 10.6. The lowest BCUT2D eigenvalue weighted by molar-refractivity contribution is -0.140. The second-order valence-corrected chi connectivity index (χ2v) is 5.19. The van der Waals surface area contributed by atoms with Gasteiger partial charge in [0.15, 0.2) is 5.69 Å². The van der Waals surface area contributed by atoms with Gasteiger partial charge in [-0.15, -0.1) is 0 Å². The van der Waals surface area contributed by atoms with Gasteiger partial charge in [0.2, 0.25) is 0 Å². The van der Waals surface area contributed by atoms with Gasteiger partial charge in [-0.05, 0) is 11.6 Å². The summed E-state index contributed by atoms with van der Waals surface area (Å²) < 4.78 is 39.7. The Morgan fingerprint density at radius 1 is 1.05 bits per heavy atom. The molecule has 116 valence electrons. The molecular weight excluding hydrogens is 291 g/mol. The van der Waals surface area contributed by atoms with Gasteiger partial charge in [0, 0.05) is 31.7 Å². The topological polar surface area (TPSA) is 28.2 Å². The summed E-state index contributed by atoms with van der Waals surface area (Å²) in [6.45, 7) is 3.17. The zero-order valence-electron chi connectivity index (χ0n) is 11.9. The number of nitrogens with zero attached hydrogens (tertiary/aromatic N) is 2. The highest BCUT2D eigenvalue weighted by atomic mass is 19.4. The van der Waals surface area contributed by atoms with E-state index in [2.05, 4.69) is 15.2 Å². The molecule has 2 heterocycles. The number of piperazine rings is 1. The van der Waals surface area contributed by atoms with Crippen LogP contribution in [0.15, 0.2) is 42.6 Å². The molecule has 1 aliphatic heterocycles. The first-order valence-electron chi connectivity index (χ1n) is 7.14. The molecule has 3 rings (SSSR count). The summed E-state index contributed by atoms with van der Waals surface area (Å²) in [5, 5.41) is 3.22. The van der Waals surface area contributed by atoms with E-state index in [-0.39, 0.29) is 5.56 Å². The van der Waals surface area contributed by atoms with E-state index in [4.69, 9.17) is 0 Å². The standard InChI is InChI=1S/C16H16F3N3/c17-16(18,19)15-14(12-4-2-1-3-5-12)10-13(11-21-15)22-8-6-20-7-9-22/h1-5,10-11,20H,6-9H2. The zero-order chi connectivity index (χ0) is 15.6. The summed E-state index contributed by atoms with van der Waals surface area (Å²) >= 11 is 0. The summed E-state index contributed by atoms with van der Waals surface area (Å²) in [7, 11) is 0. The van der Waals surface area contributed by atoms with Gasteiger partial charge < -0.3 is 10.2 Å². The Morgan fingerprint density at radius 2 is 1.73 bits per heavy atom. The van der Waals surface area contributed by atoms with Crippen molar-refractivity contribution in [1.82, 2.24) is 10.3 Å². The average molecular weight is 307 g/mol. The van der Waals surface area contributed by atoms with Crippen LogP contribution in [0.3, 0.4) is 0 Å². The van der Waals surface area contributed by atoms with Crippen LogP contribution in [0, 0.1) is 0 Å². The number of halogens is 3. The predicted octanol–water partition coefficient (Wildman–Crippen LogP) is 3.18. The molecule has 1 N–H and O–H groups in total. The van der Waals surface area contributed by atoms with Gasteiger partial charge in [-0.3, -0.25) is 0 Å². The number of aromatic nitrogens is 1. The molecule has 0 amide bonds. The molecule has 1 saturated heterocycles. The molecule has 0 aliphatic carbocycles.